The van der Waals surface area contributed by atoms with Crippen LogP contribution in [0, 0.1) is 0 Å². The Labute approximate surface area is 215 Å². The molecule has 0 aliphatic rings. The summed E-state index contributed by atoms with van der Waals surface area (Å²) in [4.78, 5) is 7.92. The zero-order valence-electron chi connectivity index (χ0n) is 20.0. The van der Waals surface area contributed by atoms with Gasteiger partial charge in [0.1, 0.15) is 6.54 Å². The lowest BCUT2D eigenvalue weighted by Crippen LogP contribution is -2.18. The Bertz CT molecular complexity index is 1600. The number of hydrogen-bond acceptors (Lipinski definition) is 7. The lowest BCUT2D eigenvalue weighted by Gasteiger charge is -2.16. The third kappa shape index (κ3) is 5.78. The van der Waals surface area contributed by atoms with E-state index in [0.717, 1.165) is 10.7 Å². The van der Waals surface area contributed by atoms with E-state index in [9.17, 15) is 26.3 Å². The van der Waals surface area contributed by atoms with Gasteiger partial charge >= 0.3 is 12.5 Å². The van der Waals surface area contributed by atoms with Gasteiger partial charge in [-0.1, -0.05) is 6.92 Å². The summed E-state index contributed by atoms with van der Waals surface area (Å²) in [6.07, 6.45) is -1.59. The van der Waals surface area contributed by atoms with Crippen molar-refractivity contribution in [2.24, 2.45) is 0 Å². The van der Waals surface area contributed by atoms with Crippen LogP contribution in [0.25, 0.3) is 28.0 Å². The van der Waals surface area contributed by atoms with Crippen molar-refractivity contribution in [1.29, 1.82) is 0 Å². The van der Waals surface area contributed by atoms with Crippen molar-refractivity contribution in [3.05, 3.63) is 60.8 Å². The molecule has 0 radical (unpaired) electrons. The average Bonchev–Trinajstić information content (AvgIpc) is 3.57. The number of hydrogen-bond donors (Lipinski definition) is 1. The number of nitrogens with two attached hydrogens (primary N) is 1. The number of halogens is 6. The molecule has 5 heterocycles. The number of nitrogen functional groups attached to an aromatic ring is 1. The summed E-state index contributed by atoms with van der Waals surface area (Å²) in [6.45, 7) is 0.632. The maximum Gasteiger partial charge on any atom is 0.574 e. The first kappa shape index (κ1) is 26.0. The molecule has 0 spiro atoms. The molecule has 0 aliphatic carbocycles. The molecule has 204 valence electrons. The molecular weight excluding hydrogens is 532 g/mol. The predicted octanol–water partition coefficient (Wildman–Crippen LogP) is 4.89. The van der Waals surface area contributed by atoms with E-state index >= 15 is 0 Å². The van der Waals surface area contributed by atoms with Gasteiger partial charge in [0.15, 0.2) is 5.65 Å². The van der Waals surface area contributed by atoms with Crippen LogP contribution in [0.5, 0.6) is 5.88 Å². The van der Waals surface area contributed by atoms with E-state index in [1.54, 1.807) is 29.2 Å². The van der Waals surface area contributed by atoms with Crippen molar-refractivity contribution < 1.29 is 31.1 Å². The van der Waals surface area contributed by atoms with Gasteiger partial charge in [0, 0.05) is 35.8 Å². The van der Waals surface area contributed by atoms with E-state index in [1.807, 2.05) is 6.92 Å². The third-order valence-electron chi connectivity index (χ3n) is 5.73. The van der Waals surface area contributed by atoms with Crippen LogP contribution in [0.3, 0.4) is 0 Å². The molecule has 5 rings (SSSR count). The van der Waals surface area contributed by atoms with Crippen LogP contribution in [-0.4, -0.2) is 51.7 Å². The van der Waals surface area contributed by atoms with Crippen LogP contribution in [0.15, 0.2) is 55.2 Å². The van der Waals surface area contributed by atoms with Gasteiger partial charge in [-0.3, -0.25) is 9.36 Å². The highest BCUT2D eigenvalue weighted by Crippen LogP contribution is 2.31. The van der Waals surface area contributed by atoms with E-state index in [0.29, 0.717) is 40.0 Å². The monoisotopic (exact) mass is 551 g/mol. The molecule has 0 saturated carbocycles. The van der Waals surface area contributed by atoms with Gasteiger partial charge in [0.2, 0.25) is 11.8 Å². The van der Waals surface area contributed by atoms with Gasteiger partial charge in [-0.25, -0.2) is 9.50 Å². The first-order chi connectivity index (χ1) is 18.4. The second kappa shape index (κ2) is 9.59. The lowest BCUT2D eigenvalue weighted by molar-refractivity contribution is -0.276. The van der Waals surface area contributed by atoms with E-state index < -0.39 is 25.0 Å². The quantitative estimate of drug-likeness (QED) is 0.287. The fraction of sp³-hybridized carbons (Fsp3) is 0.261. The minimum absolute atomic E-state index is 0.0247. The van der Waals surface area contributed by atoms with E-state index in [4.69, 9.17) is 5.73 Å². The summed E-state index contributed by atoms with van der Waals surface area (Å²) >= 11 is 0. The van der Waals surface area contributed by atoms with Crippen LogP contribution in [0.2, 0.25) is 0 Å². The van der Waals surface area contributed by atoms with E-state index in [-0.39, 0.29) is 12.0 Å². The molecule has 0 amide bonds. The zero-order chi connectivity index (χ0) is 27.9. The number of ether oxygens (including phenoxy) is 1. The molecule has 0 aromatic carbocycles. The second-order valence-electron chi connectivity index (χ2n) is 8.52. The summed E-state index contributed by atoms with van der Waals surface area (Å²) in [7, 11) is 0. The summed E-state index contributed by atoms with van der Waals surface area (Å²) in [5.41, 5.74) is 8.79. The van der Waals surface area contributed by atoms with Gasteiger partial charge in [0.25, 0.3) is 0 Å². The van der Waals surface area contributed by atoms with Crippen molar-refractivity contribution in [2.45, 2.75) is 38.5 Å². The molecule has 10 nitrogen and oxygen atoms in total. The Kier molecular flexibility index (Phi) is 6.40. The standard InChI is InChI=1S/C23H19F6N9O/c1-2-17(13-3-4-20(31-7-13)39-23(27,28)29)37-11-15(8-33-37)14-5-18(38-19(6-14)34-21(30)35-38)16-9-32-36(10-16)12-22(24,25)26/h3-11,17H,2,12H2,1H3,(H2,30,35)/t17-/m0/s1. The van der Waals surface area contributed by atoms with Gasteiger partial charge in [-0.05, 0) is 35.7 Å². The Morgan fingerprint density at radius 3 is 2.38 bits per heavy atom. The number of anilines is 1. The summed E-state index contributed by atoms with van der Waals surface area (Å²) < 4.78 is 83.5. The Morgan fingerprint density at radius 1 is 0.949 bits per heavy atom. The highest BCUT2D eigenvalue weighted by Gasteiger charge is 2.32. The molecular formula is C23H19F6N9O. The third-order valence-corrected chi connectivity index (χ3v) is 5.73. The number of alkyl halides is 6. The topological polar surface area (TPSA) is 114 Å². The van der Waals surface area contributed by atoms with Gasteiger partial charge in [0.05, 0.1) is 24.1 Å². The van der Waals surface area contributed by atoms with Gasteiger partial charge in [-0.15, -0.1) is 18.3 Å². The van der Waals surface area contributed by atoms with Crippen molar-refractivity contribution in [3.63, 3.8) is 0 Å². The Hall–Kier alpha value is -4.63. The molecule has 0 aliphatic heterocycles. The Morgan fingerprint density at radius 2 is 1.72 bits per heavy atom. The molecule has 2 N–H and O–H groups in total. The van der Waals surface area contributed by atoms with Crippen LogP contribution in [0.4, 0.5) is 32.3 Å². The van der Waals surface area contributed by atoms with E-state index in [1.165, 1.54) is 29.2 Å². The highest BCUT2D eigenvalue weighted by atomic mass is 19.4. The molecule has 0 saturated heterocycles. The maximum absolute atomic E-state index is 12.8. The first-order valence-corrected chi connectivity index (χ1v) is 11.4. The summed E-state index contributed by atoms with van der Waals surface area (Å²) in [5, 5.41) is 12.4. The molecule has 39 heavy (non-hydrogen) atoms. The average molecular weight is 551 g/mol. The van der Waals surface area contributed by atoms with Crippen molar-refractivity contribution in [3.8, 4) is 28.3 Å². The summed E-state index contributed by atoms with van der Waals surface area (Å²) in [6, 6.07) is 5.65. The van der Waals surface area contributed by atoms with Crippen LogP contribution >= 0.6 is 0 Å². The number of nitrogens with zero attached hydrogens (tertiary/aromatic N) is 8. The summed E-state index contributed by atoms with van der Waals surface area (Å²) in [5.74, 6) is -0.600. The molecule has 0 bridgehead atoms. The van der Waals surface area contributed by atoms with Crippen molar-refractivity contribution in [1.82, 2.24) is 39.1 Å². The number of pyridine rings is 2. The fourth-order valence-corrected chi connectivity index (χ4v) is 4.14. The molecule has 1 atom stereocenters. The predicted molar refractivity (Wildman–Crippen MR) is 125 cm³/mol. The maximum atomic E-state index is 12.8. The lowest BCUT2D eigenvalue weighted by atomic mass is 10.1. The van der Waals surface area contributed by atoms with Gasteiger partial charge in [-0.2, -0.15) is 28.4 Å². The normalized spacial score (nSPS) is 13.2. The number of rotatable bonds is 7. The number of aromatic nitrogens is 8. The van der Waals surface area contributed by atoms with Crippen molar-refractivity contribution >= 4 is 11.6 Å². The smallest absolute Gasteiger partial charge is 0.388 e. The highest BCUT2D eigenvalue weighted by molar-refractivity contribution is 5.74. The van der Waals surface area contributed by atoms with Crippen molar-refractivity contribution in [2.75, 3.05) is 5.73 Å². The zero-order valence-corrected chi connectivity index (χ0v) is 20.0. The van der Waals surface area contributed by atoms with Crippen LogP contribution in [0.1, 0.15) is 24.9 Å². The van der Waals surface area contributed by atoms with Crippen LogP contribution in [-0.2, 0) is 6.54 Å². The number of fused-ring (bicyclic) bond motifs is 1. The molecule has 16 heteroatoms. The second-order valence-corrected chi connectivity index (χ2v) is 8.52. The SMILES string of the molecule is CC[C@@H](c1ccc(OC(F)(F)F)nc1)n1cc(-c2cc(-c3cnn(CC(F)(F)F)c3)n3nc(N)nc3c2)cn1. The fourth-order valence-electron chi connectivity index (χ4n) is 4.14. The molecule has 0 fully saturated rings. The van der Waals surface area contributed by atoms with Gasteiger partial charge < -0.3 is 10.5 Å². The first-order valence-electron chi connectivity index (χ1n) is 11.4. The molecule has 5 aromatic heterocycles. The van der Waals surface area contributed by atoms with E-state index in [2.05, 4.69) is 30.0 Å². The molecule has 0 unspecified atom stereocenters. The minimum atomic E-state index is -4.85. The van der Waals surface area contributed by atoms with Crippen LogP contribution < -0.4 is 10.5 Å². The minimum Gasteiger partial charge on any atom is -0.388 e. The largest absolute Gasteiger partial charge is 0.574 e. The molecule has 5 aromatic rings. The Balaban J connectivity index is 1.48.